The maximum atomic E-state index is 5.37. The third-order valence-corrected chi connectivity index (χ3v) is 4.97. The number of rotatable bonds is 1. The minimum absolute atomic E-state index is 0.284. The molecule has 16 heavy (non-hydrogen) atoms. The van der Waals surface area contributed by atoms with Gasteiger partial charge >= 0.3 is 0 Å². The van der Waals surface area contributed by atoms with Crippen molar-refractivity contribution in [2.24, 2.45) is 0 Å². The van der Waals surface area contributed by atoms with Crippen LogP contribution in [0.15, 0.2) is 25.6 Å². The standard InChI is InChI=1S/C11H13OS4/c13-8-4-7(6-2-1-3-12-5-6)9(14)11(16)10(8)15/h4-6,13-16H,1-3H2. The summed E-state index contributed by atoms with van der Waals surface area (Å²) < 4.78 is 5.37. The topological polar surface area (TPSA) is 9.23 Å². The Morgan fingerprint density at radius 2 is 1.81 bits per heavy atom. The molecule has 1 radical (unpaired) electrons. The molecule has 1 aromatic carbocycles. The number of thiol groups is 4. The summed E-state index contributed by atoms with van der Waals surface area (Å²) >= 11 is 17.7. The van der Waals surface area contributed by atoms with Crippen molar-refractivity contribution < 1.29 is 4.74 Å². The van der Waals surface area contributed by atoms with Gasteiger partial charge in [-0.05, 0) is 24.5 Å². The fourth-order valence-electron chi connectivity index (χ4n) is 1.80. The van der Waals surface area contributed by atoms with Crippen molar-refractivity contribution >= 4 is 50.5 Å². The molecule has 1 heterocycles. The zero-order chi connectivity index (χ0) is 11.7. The van der Waals surface area contributed by atoms with Crippen LogP contribution in [0.25, 0.3) is 0 Å². The molecule has 5 heteroatoms. The molecule has 0 saturated carbocycles. The number of hydrogen-bond donors (Lipinski definition) is 4. The van der Waals surface area contributed by atoms with Crippen LogP contribution in [-0.2, 0) is 4.74 Å². The first-order valence-corrected chi connectivity index (χ1v) is 6.82. The Bertz CT molecular complexity index is 399. The van der Waals surface area contributed by atoms with E-state index in [1.165, 1.54) is 0 Å². The minimum Gasteiger partial charge on any atom is -0.375 e. The smallest absolute Gasteiger partial charge is 0.0911 e. The van der Waals surface area contributed by atoms with Gasteiger partial charge in [0, 0.05) is 32.1 Å². The fourth-order valence-corrected chi connectivity index (χ4v) is 3.00. The first-order valence-electron chi connectivity index (χ1n) is 5.03. The largest absolute Gasteiger partial charge is 0.375 e. The van der Waals surface area contributed by atoms with E-state index in [1.807, 2.05) is 12.7 Å². The predicted molar refractivity (Wildman–Crippen MR) is 77.7 cm³/mol. The molecule has 0 aliphatic carbocycles. The molecule has 0 spiro atoms. The summed E-state index contributed by atoms with van der Waals surface area (Å²) in [6.45, 7) is 2.70. The van der Waals surface area contributed by atoms with Gasteiger partial charge in [0.15, 0.2) is 0 Å². The van der Waals surface area contributed by atoms with Crippen LogP contribution in [0, 0.1) is 6.61 Å². The van der Waals surface area contributed by atoms with Gasteiger partial charge < -0.3 is 4.74 Å². The number of ether oxygens (including phenoxy) is 1. The lowest BCUT2D eigenvalue weighted by Gasteiger charge is -2.24. The van der Waals surface area contributed by atoms with Crippen LogP contribution in [0.3, 0.4) is 0 Å². The second-order valence-corrected chi connectivity index (χ2v) is 5.61. The molecular formula is C11H13OS4. The van der Waals surface area contributed by atoms with Gasteiger partial charge in [-0.1, -0.05) is 0 Å². The van der Waals surface area contributed by atoms with Crippen molar-refractivity contribution in [2.45, 2.75) is 38.3 Å². The summed E-state index contributed by atoms with van der Waals surface area (Å²) in [5.74, 6) is 0.284. The summed E-state index contributed by atoms with van der Waals surface area (Å²) in [4.78, 5) is 3.27. The molecule has 0 aromatic heterocycles. The zero-order valence-corrected chi connectivity index (χ0v) is 12.1. The molecule has 0 N–H and O–H groups in total. The summed E-state index contributed by atoms with van der Waals surface area (Å²) in [5.41, 5.74) is 1.12. The average molecular weight is 289 g/mol. The predicted octanol–water partition coefficient (Wildman–Crippen LogP) is 3.90. The maximum Gasteiger partial charge on any atom is 0.0911 e. The molecule has 0 bridgehead atoms. The third kappa shape index (κ3) is 2.53. The molecule has 1 fully saturated rings. The van der Waals surface area contributed by atoms with Crippen molar-refractivity contribution in [1.29, 1.82) is 0 Å². The minimum atomic E-state index is 0.284. The van der Waals surface area contributed by atoms with E-state index in [4.69, 9.17) is 4.74 Å². The van der Waals surface area contributed by atoms with Crippen LogP contribution in [0.4, 0.5) is 0 Å². The maximum absolute atomic E-state index is 5.37. The lowest BCUT2D eigenvalue weighted by atomic mass is 9.93. The summed E-state index contributed by atoms with van der Waals surface area (Å²) in [7, 11) is 0. The molecule has 1 nitrogen and oxygen atoms in total. The van der Waals surface area contributed by atoms with E-state index in [2.05, 4.69) is 50.5 Å². The van der Waals surface area contributed by atoms with E-state index in [1.54, 1.807) is 0 Å². The molecular weight excluding hydrogens is 276 g/mol. The highest BCUT2D eigenvalue weighted by Crippen LogP contribution is 2.40. The molecule has 1 saturated heterocycles. The second-order valence-electron chi connectivity index (χ2n) is 3.79. The van der Waals surface area contributed by atoms with E-state index >= 15 is 0 Å². The van der Waals surface area contributed by atoms with Gasteiger partial charge in [-0.15, -0.1) is 50.5 Å². The highest BCUT2D eigenvalue weighted by atomic mass is 32.1. The zero-order valence-electron chi connectivity index (χ0n) is 8.55. The van der Waals surface area contributed by atoms with E-state index in [0.29, 0.717) is 0 Å². The van der Waals surface area contributed by atoms with Gasteiger partial charge in [0.1, 0.15) is 0 Å². The van der Waals surface area contributed by atoms with E-state index in [0.717, 1.165) is 44.6 Å². The molecule has 1 unspecified atom stereocenters. The van der Waals surface area contributed by atoms with Crippen molar-refractivity contribution in [3.8, 4) is 0 Å². The molecule has 2 rings (SSSR count). The van der Waals surface area contributed by atoms with E-state index in [9.17, 15) is 0 Å². The summed E-state index contributed by atoms with van der Waals surface area (Å²) in [5, 5.41) is 0. The molecule has 0 amide bonds. The fraction of sp³-hybridized carbons (Fsp3) is 0.364. The lowest BCUT2D eigenvalue weighted by molar-refractivity contribution is 0.139. The first-order chi connectivity index (χ1) is 7.61. The Hall–Kier alpha value is 0.580. The van der Waals surface area contributed by atoms with Gasteiger partial charge in [-0.2, -0.15) is 0 Å². The Morgan fingerprint density at radius 3 is 2.44 bits per heavy atom. The normalized spacial score (nSPS) is 21.1. The molecule has 1 atom stereocenters. The van der Waals surface area contributed by atoms with E-state index < -0.39 is 0 Å². The second kappa shape index (κ2) is 5.48. The summed E-state index contributed by atoms with van der Waals surface area (Å²) in [6, 6.07) is 2.00. The Morgan fingerprint density at radius 1 is 1.06 bits per heavy atom. The monoisotopic (exact) mass is 289 g/mol. The van der Waals surface area contributed by atoms with Gasteiger partial charge in [0.05, 0.1) is 6.61 Å². The highest BCUT2D eigenvalue weighted by Gasteiger charge is 2.21. The molecule has 1 aliphatic rings. The van der Waals surface area contributed by atoms with Crippen LogP contribution in [-0.4, -0.2) is 6.61 Å². The van der Waals surface area contributed by atoms with Gasteiger partial charge in [0.2, 0.25) is 0 Å². The van der Waals surface area contributed by atoms with Gasteiger partial charge in [0.25, 0.3) is 0 Å². The Balaban J connectivity index is 2.40. The highest BCUT2D eigenvalue weighted by molar-refractivity contribution is 7.86. The SMILES string of the molecule is Sc1cc(C2[CH]OCCC2)c(S)c(S)c1S. The van der Waals surface area contributed by atoms with Crippen molar-refractivity contribution in [2.75, 3.05) is 6.61 Å². The van der Waals surface area contributed by atoms with Crippen LogP contribution < -0.4 is 0 Å². The first kappa shape index (κ1) is 13.0. The average Bonchev–Trinajstić information content (AvgIpc) is 2.32. The van der Waals surface area contributed by atoms with Crippen LogP contribution in [0.1, 0.15) is 24.3 Å². The van der Waals surface area contributed by atoms with Crippen molar-refractivity contribution in [3.05, 3.63) is 18.2 Å². The van der Waals surface area contributed by atoms with Crippen LogP contribution in [0.5, 0.6) is 0 Å². The van der Waals surface area contributed by atoms with Crippen molar-refractivity contribution in [3.63, 3.8) is 0 Å². The number of benzene rings is 1. The molecule has 87 valence electrons. The van der Waals surface area contributed by atoms with Crippen LogP contribution in [0.2, 0.25) is 0 Å². The summed E-state index contributed by atoms with van der Waals surface area (Å²) in [6.07, 6.45) is 2.15. The van der Waals surface area contributed by atoms with E-state index in [-0.39, 0.29) is 5.92 Å². The lowest BCUT2D eigenvalue weighted by Crippen LogP contribution is -2.11. The quantitative estimate of drug-likeness (QED) is 0.574. The van der Waals surface area contributed by atoms with Crippen molar-refractivity contribution in [1.82, 2.24) is 0 Å². The Kier molecular flexibility index (Phi) is 4.46. The molecule has 1 aliphatic heterocycles. The van der Waals surface area contributed by atoms with Gasteiger partial charge in [-0.3, -0.25) is 0 Å². The molecule has 1 aromatic rings. The Labute approximate surface area is 118 Å². The number of hydrogen-bond acceptors (Lipinski definition) is 5. The van der Waals surface area contributed by atoms with Crippen LogP contribution >= 0.6 is 50.5 Å². The van der Waals surface area contributed by atoms with Gasteiger partial charge in [-0.25, -0.2) is 0 Å². The third-order valence-electron chi connectivity index (χ3n) is 2.69.